The molecule has 20 heavy (non-hydrogen) atoms. The van der Waals surface area contributed by atoms with Crippen molar-refractivity contribution in [1.82, 2.24) is 5.32 Å². The van der Waals surface area contributed by atoms with Crippen LogP contribution in [0.2, 0.25) is 0 Å². The molecule has 1 aromatic carbocycles. The fraction of sp³-hybridized carbons (Fsp3) is 0.417. The molecule has 0 aliphatic rings. The molecule has 0 aliphatic carbocycles. The molecule has 1 aromatic rings. The van der Waals surface area contributed by atoms with Gasteiger partial charge >= 0.3 is 6.18 Å². The monoisotopic (exact) mass is 310 g/mol. The molecule has 0 bridgehead atoms. The summed E-state index contributed by atoms with van der Waals surface area (Å²) in [5, 5.41) is 5.53. The zero-order chi connectivity index (χ0) is 15.3. The first kappa shape index (κ1) is 16.6. The molecule has 0 saturated heterocycles. The van der Waals surface area contributed by atoms with Crippen molar-refractivity contribution >= 4 is 23.0 Å². The lowest BCUT2D eigenvalue weighted by Gasteiger charge is -2.17. The van der Waals surface area contributed by atoms with Crippen molar-refractivity contribution in [3.8, 4) is 0 Å². The van der Waals surface area contributed by atoms with Gasteiger partial charge in [0.25, 0.3) is 0 Å². The second-order valence-electron chi connectivity index (χ2n) is 4.15. The number of benzene rings is 1. The van der Waals surface area contributed by atoms with Gasteiger partial charge in [-0.2, -0.15) is 13.2 Å². The van der Waals surface area contributed by atoms with E-state index in [0.717, 1.165) is 6.07 Å². The van der Waals surface area contributed by atoms with E-state index in [4.69, 9.17) is 17.0 Å². The van der Waals surface area contributed by atoms with Crippen LogP contribution in [0, 0.1) is 5.82 Å². The van der Waals surface area contributed by atoms with E-state index >= 15 is 0 Å². The molecule has 8 heteroatoms. The van der Waals surface area contributed by atoms with Gasteiger partial charge in [0.1, 0.15) is 5.82 Å². The highest BCUT2D eigenvalue weighted by Crippen LogP contribution is 2.32. The summed E-state index contributed by atoms with van der Waals surface area (Å²) in [6.07, 6.45) is -4.75. The number of nitrogens with one attached hydrogen (secondary N) is 2. The van der Waals surface area contributed by atoms with E-state index in [9.17, 15) is 17.6 Å². The van der Waals surface area contributed by atoms with Crippen molar-refractivity contribution in [3.05, 3.63) is 29.6 Å². The van der Waals surface area contributed by atoms with Crippen LogP contribution >= 0.6 is 12.2 Å². The number of rotatable bonds is 4. The average molecular weight is 310 g/mol. The van der Waals surface area contributed by atoms with Crippen LogP contribution in [-0.2, 0) is 10.9 Å². The minimum absolute atomic E-state index is 0.0563. The Balaban J connectivity index is 2.76. The third-order valence-electron chi connectivity index (χ3n) is 2.32. The second-order valence-corrected chi connectivity index (χ2v) is 4.56. The Labute approximate surface area is 119 Å². The maximum atomic E-state index is 13.1. The molecule has 0 amide bonds. The van der Waals surface area contributed by atoms with Crippen LogP contribution in [0.4, 0.5) is 23.2 Å². The van der Waals surface area contributed by atoms with Gasteiger partial charge in [-0.25, -0.2) is 4.39 Å². The zero-order valence-electron chi connectivity index (χ0n) is 10.8. The first-order chi connectivity index (χ1) is 9.24. The van der Waals surface area contributed by atoms with Crippen LogP contribution in [0.25, 0.3) is 0 Å². The topological polar surface area (TPSA) is 33.3 Å². The smallest absolute Gasteiger partial charge is 0.383 e. The average Bonchev–Trinajstić information content (AvgIpc) is 2.30. The molecule has 112 valence electrons. The highest BCUT2D eigenvalue weighted by Gasteiger charge is 2.34. The predicted molar refractivity (Wildman–Crippen MR) is 72.1 cm³/mol. The summed E-state index contributed by atoms with van der Waals surface area (Å²) < 4.78 is 55.6. The fourth-order valence-electron chi connectivity index (χ4n) is 1.50. The van der Waals surface area contributed by atoms with Gasteiger partial charge in [0, 0.05) is 18.8 Å². The molecule has 0 aliphatic heterocycles. The Bertz CT molecular complexity index is 479. The van der Waals surface area contributed by atoms with Gasteiger partial charge in [0.2, 0.25) is 0 Å². The molecule has 2 N–H and O–H groups in total. The van der Waals surface area contributed by atoms with Crippen molar-refractivity contribution in [1.29, 1.82) is 0 Å². The van der Waals surface area contributed by atoms with E-state index in [1.807, 2.05) is 0 Å². The number of alkyl halides is 3. The summed E-state index contributed by atoms with van der Waals surface area (Å²) in [5.41, 5.74) is -1.28. The van der Waals surface area contributed by atoms with Gasteiger partial charge in [-0.3, -0.25) is 0 Å². The molecule has 3 nitrogen and oxygen atoms in total. The Morgan fingerprint density at radius 3 is 2.60 bits per heavy atom. The summed E-state index contributed by atoms with van der Waals surface area (Å²) >= 11 is 4.94. The van der Waals surface area contributed by atoms with Crippen molar-refractivity contribution < 1.29 is 22.3 Å². The van der Waals surface area contributed by atoms with Crippen LogP contribution in [0.1, 0.15) is 12.5 Å². The quantitative estimate of drug-likeness (QED) is 0.661. The third kappa shape index (κ3) is 4.93. The Hall–Kier alpha value is -1.41. The van der Waals surface area contributed by atoms with E-state index in [1.54, 1.807) is 6.92 Å². The molecule has 0 saturated carbocycles. The van der Waals surface area contributed by atoms with Gasteiger partial charge in [-0.05, 0) is 37.3 Å². The van der Waals surface area contributed by atoms with E-state index in [2.05, 4.69) is 10.6 Å². The lowest BCUT2D eigenvalue weighted by Crippen LogP contribution is -2.38. The number of ether oxygens (including phenoxy) is 1. The Morgan fingerprint density at radius 2 is 2.05 bits per heavy atom. The number of thiocarbonyl (C=S) groups is 1. The standard InChI is InChI=1S/C12H14F4N2OS/c1-7(6-19-2)17-11(20)18-8-3-4-10(13)9(5-8)12(14,15)16/h3-5,7H,6H2,1-2H3,(H2,17,18,20). The Kier molecular flexibility index (Phi) is 5.70. The molecule has 0 spiro atoms. The summed E-state index contributed by atoms with van der Waals surface area (Å²) in [4.78, 5) is 0. The van der Waals surface area contributed by atoms with Crippen molar-refractivity contribution in [2.24, 2.45) is 0 Å². The number of hydrogen-bond acceptors (Lipinski definition) is 2. The number of methoxy groups -OCH3 is 1. The largest absolute Gasteiger partial charge is 0.419 e. The molecule has 0 aromatic heterocycles. The summed E-state index contributed by atoms with van der Waals surface area (Å²) in [7, 11) is 1.52. The number of halogens is 4. The van der Waals surface area contributed by atoms with E-state index in [1.165, 1.54) is 13.2 Å². The SMILES string of the molecule is COCC(C)NC(=S)Nc1ccc(F)c(C(F)(F)F)c1. The van der Waals surface area contributed by atoms with Crippen molar-refractivity contribution in [2.75, 3.05) is 19.0 Å². The van der Waals surface area contributed by atoms with E-state index in [-0.39, 0.29) is 16.8 Å². The van der Waals surface area contributed by atoms with Crippen LogP contribution in [0.15, 0.2) is 18.2 Å². The molecular weight excluding hydrogens is 296 g/mol. The van der Waals surface area contributed by atoms with Crippen LogP contribution in [0.5, 0.6) is 0 Å². The molecule has 0 fully saturated rings. The maximum absolute atomic E-state index is 13.1. The van der Waals surface area contributed by atoms with Crippen molar-refractivity contribution in [2.45, 2.75) is 19.1 Å². The van der Waals surface area contributed by atoms with E-state index in [0.29, 0.717) is 12.7 Å². The van der Waals surface area contributed by atoms with E-state index < -0.39 is 17.6 Å². The minimum Gasteiger partial charge on any atom is -0.383 e. The third-order valence-corrected chi connectivity index (χ3v) is 2.54. The van der Waals surface area contributed by atoms with Crippen LogP contribution in [-0.4, -0.2) is 24.9 Å². The predicted octanol–water partition coefficient (Wildman–Crippen LogP) is 3.17. The first-order valence-electron chi connectivity index (χ1n) is 5.67. The maximum Gasteiger partial charge on any atom is 0.419 e. The molecule has 1 atom stereocenters. The molecule has 1 rings (SSSR count). The molecular formula is C12H14F4N2OS. The van der Waals surface area contributed by atoms with Gasteiger partial charge < -0.3 is 15.4 Å². The van der Waals surface area contributed by atoms with Gasteiger partial charge in [0.05, 0.1) is 12.2 Å². The Morgan fingerprint density at radius 1 is 1.40 bits per heavy atom. The summed E-state index contributed by atoms with van der Waals surface area (Å²) in [5.74, 6) is -1.32. The zero-order valence-corrected chi connectivity index (χ0v) is 11.7. The highest BCUT2D eigenvalue weighted by atomic mass is 32.1. The first-order valence-corrected chi connectivity index (χ1v) is 6.08. The molecule has 0 heterocycles. The number of hydrogen-bond donors (Lipinski definition) is 2. The molecule has 0 radical (unpaired) electrons. The molecule has 1 unspecified atom stereocenters. The normalized spacial score (nSPS) is 12.9. The van der Waals surface area contributed by atoms with Crippen LogP contribution < -0.4 is 10.6 Å². The fourth-order valence-corrected chi connectivity index (χ4v) is 1.82. The van der Waals surface area contributed by atoms with Gasteiger partial charge in [-0.1, -0.05) is 0 Å². The summed E-state index contributed by atoms with van der Waals surface area (Å²) in [6.45, 7) is 2.18. The van der Waals surface area contributed by atoms with Gasteiger partial charge in [0.15, 0.2) is 5.11 Å². The summed E-state index contributed by atoms with van der Waals surface area (Å²) in [6, 6.07) is 2.48. The van der Waals surface area contributed by atoms with Gasteiger partial charge in [-0.15, -0.1) is 0 Å². The number of anilines is 1. The lowest BCUT2D eigenvalue weighted by molar-refractivity contribution is -0.139. The van der Waals surface area contributed by atoms with Crippen LogP contribution in [0.3, 0.4) is 0 Å². The highest BCUT2D eigenvalue weighted by molar-refractivity contribution is 7.80. The minimum atomic E-state index is -4.75. The van der Waals surface area contributed by atoms with Crippen molar-refractivity contribution in [3.63, 3.8) is 0 Å². The second kappa shape index (κ2) is 6.85. The lowest BCUT2D eigenvalue weighted by atomic mass is 10.2.